The third-order valence-corrected chi connectivity index (χ3v) is 6.06. The zero-order valence-electron chi connectivity index (χ0n) is 17.7. The van der Waals surface area contributed by atoms with Gasteiger partial charge in [-0.25, -0.2) is 14.8 Å². The summed E-state index contributed by atoms with van der Waals surface area (Å²) in [5.74, 6) is -0.879. The lowest BCUT2D eigenvalue weighted by Gasteiger charge is -2.22. The van der Waals surface area contributed by atoms with E-state index >= 15 is 4.39 Å². The van der Waals surface area contributed by atoms with Crippen molar-refractivity contribution in [2.45, 2.75) is 45.4 Å². The minimum absolute atomic E-state index is 0.00773. The average Bonchev–Trinajstić information content (AvgIpc) is 3.42. The van der Waals surface area contributed by atoms with Gasteiger partial charge in [0.1, 0.15) is 5.82 Å². The largest absolute Gasteiger partial charge is 0.465 e. The standard InChI is InChI=1S/C20H31FN6O4/c1-12-23-17(16(21)18(24-12)27-7-6-14(10-27)11-28)25-26-19(29)15(9-22-20(30)31)8-13-4-2-3-5-13/h13-15,22,28H,2-11H2,1H3,(H,26,29)(H,30,31)(H,23,24,25)/t14-,15+/m0/s1. The van der Waals surface area contributed by atoms with E-state index in [2.05, 4.69) is 26.1 Å². The Morgan fingerprint density at radius 3 is 2.61 bits per heavy atom. The van der Waals surface area contributed by atoms with Gasteiger partial charge in [-0.2, -0.15) is 4.39 Å². The second-order valence-corrected chi connectivity index (χ2v) is 8.42. The predicted octanol–water partition coefficient (Wildman–Crippen LogP) is 1.65. The quantitative estimate of drug-likeness (QED) is 0.367. The number of aliphatic hydroxyl groups excluding tert-OH is 1. The van der Waals surface area contributed by atoms with E-state index in [-0.39, 0.29) is 30.7 Å². The highest BCUT2D eigenvalue weighted by atomic mass is 19.1. The maximum atomic E-state index is 15.0. The van der Waals surface area contributed by atoms with Crippen molar-refractivity contribution in [2.24, 2.45) is 17.8 Å². The van der Waals surface area contributed by atoms with E-state index < -0.39 is 23.7 Å². The van der Waals surface area contributed by atoms with Crippen molar-refractivity contribution in [1.82, 2.24) is 20.7 Å². The number of halogens is 1. The van der Waals surface area contributed by atoms with Crippen LogP contribution in [0.4, 0.5) is 20.8 Å². The van der Waals surface area contributed by atoms with Gasteiger partial charge in [0.05, 0.1) is 5.92 Å². The molecule has 0 bridgehead atoms. The molecule has 1 saturated heterocycles. The molecule has 1 saturated carbocycles. The molecular weight excluding hydrogens is 407 g/mol. The van der Waals surface area contributed by atoms with Gasteiger partial charge >= 0.3 is 6.09 Å². The zero-order valence-corrected chi connectivity index (χ0v) is 17.7. The highest BCUT2D eigenvalue weighted by Crippen LogP contribution is 2.31. The minimum atomic E-state index is -1.19. The summed E-state index contributed by atoms with van der Waals surface area (Å²) in [7, 11) is 0. The molecule has 1 aliphatic carbocycles. The lowest BCUT2D eigenvalue weighted by atomic mass is 9.92. The summed E-state index contributed by atoms with van der Waals surface area (Å²) < 4.78 is 15.0. The topological polar surface area (TPSA) is 140 Å². The van der Waals surface area contributed by atoms with Gasteiger partial charge in [0, 0.05) is 32.2 Å². The Morgan fingerprint density at radius 2 is 1.97 bits per heavy atom. The Labute approximate surface area is 180 Å². The van der Waals surface area contributed by atoms with Crippen LogP contribution in [0.5, 0.6) is 0 Å². The van der Waals surface area contributed by atoms with Crippen molar-refractivity contribution in [1.29, 1.82) is 0 Å². The molecule has 0 aromatic carbocycles. The van der Waals surface area contributed by atoms with Crippen LogP contribution in [0.15, 0.2) is 0 Å². The number of rotatable bonds is 9. The summed E-state index contributed by atoms with van der Waals surface area (Å²) in [6.45, 7) is 2.74. The molecule has 1 aromatic rings. The molecule has 3 rings (SSSR count). The Kier molecular flexibility index (Phi) is 7.83. The highest BCUT2D eigenvalue weighted by molar-refractivity contribution is 5.80. The van der Waals surface area contributed by atoms with Crippen LogP contribution >= 0.6 is 0 Å². The first-order valence-electron chi connectivity index (χ1n) is 10.8. The van der Waals surface area contributed by atoms with Crippen LogP contribution in [0.25, 0.3) is 0 Å². The normalized spacial score (nSPS) is 20.0. The summed E-state index contributed by atoms with van der Waals surface area (Å²) in [6.07, 6.45) is 4.41. The second kappa shape index (κ2) is 10.6. The van der Waals surface area contributed by atoms with E-state index in [1.807, 2.05) is 0 Å². The Balaban J connectivity index is 1.66. The molecule has 172 valence electrons. The Bertz CT molecular complexity index is 789. The molecule has 0 spiro atoms. The molecule has 0 unspecified atom stereocenters. The van der Waals surface area contributed by atoms with Gasteiger partial charge < -0.3 is 20.4 Å². The lowest BCUT2D eigenvalue weighted by Crippen LogP contribution is -2.42. The van der Waals surface area contributed by atoms with E-state index in [0.717, 1.165) is 32.1 Å². The number of carboxylic acid groups (broad SMARTS) is 1. The van der Waals surface area contributed by atoms with Crippen molar-refractivity contribution in [2.75, 3.05) is 36.6 Å². The van der Waals surface area contributed by atoms with E-state index in [4.69, 9.17) is 5.11 Å². The first kappa shape index (κ1) is 23.0. The number of nitrogens with zero attached hydrogens (tertiary/aromatic N) is 3. The molecule has 2 amide bonds. The van der Waals surface area contributed by atoms with Gasteiger partial charge in [-0.05, 0) is 25.7 Å². The third-order valence-electron chi connectivity index (χ3n) is 6.06. The number of amides is 2. The SMILES string of the molecule is Cc1nc(NNC(=O)[C@@H](CNC(=O)O)CC2CCCC2)c(F)c(N2CC[C@H](CO)C2)n1. The molecule has 1 aromatic heterocycles. The van der Waals surface area contributed by atoms with Crippen molar-refractivity contribution in [3.63, 3.8) is 0 Å². The van der Waals surface area contributed by atoms with Crippen LogP contribution < -0.4 is 21.1 Å². The summed E-state index contributed by atoms with van der Waals surface area (Å²) in [5, 5.41) is 20.5. The van der Waals surface area contributed by atoms with E-state index in [1.54, 1.807) is 11.8 Å². The average molecular weight is 439 g/mol. The fraction of sp³-hybridized carbons (Fsp3) is 0.700. The van der Waals surface area contributed by atoms with Gasteiger partial charge in [-0.15, -0.1) is 0 Å². The van der Waals surface area contributed by atoms with Gasteiger partial charge in [0.2, 0.25) is 11.7 Å². The number of aryl methyl sites for hydroxylation is 1. The van der Waals surface area contributed by atoms with Crippen molar-refractivity contribution in [3.05, 3.63) is 11.6 Å². The van der Waals surface area contributed by atoms with Crippen LogP contribution in [-0.2, 0) is 4.79 Å². The number of hydrogen-bond acceptors (Lipinski definition) is 7. The number of carbonyl (C=O) groups is 2. The number of hydrogen-bond donors (Lipinski definition) is 5. The van der Waals surface area contributed by atoms with Gasteiger partial charge in [0.25, 0.3) is 0 Å². The molecule has 1 aliphatic heterocycles. The molecule has 0 radical (unpaired) electrons. The molecule has 2 heterocycles. The second-order valence-electron chi connectivity index (χ2n) is 8.42. The summed E-state index contributed by atoms with van der Waals surface area (Å²) in [4.78, 5) is 33.6. The van der Waals surface area contributed by atoms with Crippen LogP contribution in [0.1, 0.15) is 44.3 Å². The van der Waals surface area contributed by atoms with Crippen molar-refractivity contribution < 1.29 is 24.2 Å². The van der Waals surface area contributed by atoms with Crippen LogP contribution in [0, 0.1) is 30.5 Å². The van der Waals surface area contributed by atoms with Gasteiger partial charge in [-0.1, -0.05) is 25.7 Å². The molecule has 31 heavy (non-hydrogen) atoms. The predicted molar refractivity (Wildman–Crippen MR) is 112 cm³/mol. The van der Waals surface area contributed by atoms with Gasteiger partial charge in [0.15, 0.2) is 11.6 Å². The zero-order chi connectivity index (χ0) is 22.4. The Hall–Kier alpha value is -2.69. The molecule has 2 fully saturated rings. The molecule has 5 N–H and O–H groups in total. The Morgan fingerprint density at radius 1 is 1.23 bits per heavy atom. The summed E-state index contributed by atoms with van der Waals surface area (Å²) in [6, 6.07) is 0. The first-order valence-corrected chi connectivity index (χ1v) is 10.8. The van der Waals surface area contributed by atoms with Crippen LogP contribution in [0.3, 0.4) is 0 Å². The van der Waals surface area contributed by atoms with E-state index in [9.17, 15) is 14.7 Å². The number of aromatic nitrogens is 2. The lowest BCUT2D eigenvalue weighted by molar-refractivity contribution is -0.124. The molecule has 2 aliphatic rings. The van der Waals surface area contributed by atoms with Crippen LogP contribution in [0.2, 0.25) is 0 Å². The monoisotopic (exact) mass is 438 g/mol. The van der Waals surface area contributed by atoms with Crippen molar-refractivity contribution >= 4 is 23.6 Å². The number of anilines is 2. The maximum Gasteiger partial charge on any atom is 0.404 e. The third kappa shape index (κ3) is 6.16. The van der Waals surface area contributed by atoms with E-state index in [0.29, 0.717) is 31.3 Å². The molecule has 2 atom stereocenters. The minimum Gasteiger partial charge on any atom is -0.465 e. The summed E-state index contributed by atoms with van der Waals surface area (Å²) in [5.41, 5.74) is 5.05. The van der Waals surface area contributed by atoms with Crippen molar-refractivity contribution in [3.8, 4) is 0 Å². The van der Waals surface area contributed by atoms with Crippen LogP contribution in [-0.4, -0.2) is 58.4 Å². The maximum absolute atomic E-state index is 15.0. The van der Waals surface area contributed by atoms with Gasteiger partial charge in [-0.3, -0.25) is 15.6 Å². The highest BCUT2D eigenvalue weighted by Gasteiger charge is 2.28. The number of nitrogens with one attached hydrogen (secondary N) is 3. The summed E-state index contributed by atoms with van der Waals surface area (Å²) >= 11 is 0. The molecule has 10 nitrogen and oxygen atoms in total. The van der Waals surface area contributed by atoms with E-state index in [1.165, 1.54) is 0 Å². The number of hydrazine groups is 1. The number of aliphatic hydroxyl groups is 1. The molecule has 11 heteroatoms. The molecular formula is C20H31FN6O4. The fourth-order valence-corrected chi connectivity index (χ4v) is 4.38. The fourth-order valence-electron chi connectivity index (χ4n) is 4.38. The first-order chi connectivity index (χ1) is 14.9. The number of carbonyl (C=O) groups excluding carboxylic acids is 1. The smallest absolute Gasteiger partial charge is 0.404 e.